The third kappa shape index (κ3) is 33.3. The first kappa shape index (κ1) is 83.0. The molecule has 0 aliphatic rings. The monoisotopic (exact) mass is 231 g/mol. The molecule has 0 aliphatic heterocycles. The van der Waals surface area contributed by atoms with Crippen LogP contribution in [0.1, 0.15) is 0 Å². The molecule has 0 unspecified atom stereocenters. The maximum atomic E-state index is 0. The minimum atomic E-state index is 0. The molecule has 0 spiro atoms. The topological polar surface area (TPSA) is 0 Å². The Labute approximate surface area is 85.7 Å². The van der Waals surface area contributed by atoms with Crippen LogP contribution in [-0.4, -0.2) is 17.4 Å². The average Bonchev–Trinajstić information content (AvgIpc) is 0. The molecular formula is AlCl4Zn+. The molecule has 0 fully saturated rings. The summed E-state index contributed by atoms with van der Waals surface area (Å²) >= 11 is 0. The van der Waals surface area contributed by atoms with Crippen LogP contribution in [0.4, 0.5) is 0 Å². The molecule has 0 aromatic heterocycles. The van der Waals surface area contributed by atoms with E-state index in [1.54, 1.807) is 0 Å². The molecule has 0 rings (SSSR count). The van der Waals surface area contributed by atoms with E-state index in [1.807, 2.05) is 0 Å². The molecule has 0 atom stereocenters. The molecule has 0 bridgehead atoms. The van der Waals surface area contributed by atoms with Crippen molar-refractivity contribution in [1.29, 1.82) is 0 Å². The second-order valence-electron chi connectivity index (χ2n) is 0. The largest absolute Gasteiger partial charge is 3.00 e. The molecule has 0 amide bonds. The van der Waals surface area contributed by atoms with E-state index in [-0.39, 0.29) is 86.5 Å². The zero-order chi connectivity index (χ0) is 0. The van der Waals surface area contributed by atoms with Gasteiger partial charge in [-0.1, -0.05) is 0 Å². The van der Waals surface area contributed by atoms with Crippen LogP contribution in [0.25, 0.3) is 0 Å². The van der Waals surface area contributed by atoms with Crippen molar-refractivity contribution < 1.29 is 69.1 Å². The van der Waals surface area contributed by atoms with Crippen LogP contribution in [0.2, 0.25) is 0 Å². The van der Waals surface area contributed by atoms with Gasteiger partial charge in [-0.3, -0.25) is 0 Å². The zero-order valence-corrected chi connectivity index (χ0v) is 9.94. The van der Waals surface area contributed by atoms with Crippen LogP contribution < -0.4 is 49.6 Å². The maximum absolute atomic E-state index is 0. The van der Waals surface area contributed by atoms with Crippen LogP contribution in [0.3, 0.4) is 0 Å². The normalized spacial score (nSPS) is 0. The summed E-state index contributed by atoms with van der Waals surface area (Å²) in [5.74, 6) is 0. The second-order valence-corrected chi connectivity index (χ2v) is 0. The van der Waals surface area contributed by atoms with Gasteiger partial charge in [-0.2, -0.15) is 0 Å². The van der Waals surface area contributed by atoms with Gasteiger partial charge in [-0.05, 0) is 0 Å². The fourth-order valence-electron chi connectivity index (χ4n) is 0. The van der Waals surface area contributed by atoms with E-state index >= 15 is 0 Å². The number of hydrogen-bond donors (Lipinski definition) is 0. The van der Waals surface area contributed by atoms with Gasteiger partial charge in [0.05, 0.1) is 0 Å². The van der Waals surface area contributed by atoms with Crippen LogP contribution in [-0.2, 0) is 19.5 Å². The molecule has 0 heterocycles. The van der Waals surface area contributed by atoms with Crippen molar-refractivity contribution >= 4 is 17.4 Å². The molecule has 0 N–H and O–H groups in total. The van der Waals surface area contributed by atoms with E-state index in [9.17, 15) is 0 Å². The van der Waals surface area contributed by atoms with Gasteiger partial charge < -0.3 is 49.6 Å². The molecule has 6 heteroatoms. The quantitative estimate of drug-likeness (QED) is 0.365. The first-order chi connectivity index (χ1) is 0. The number of halogens is 4. The minimum Gasteiger partial charge on any atom is -1.00 e. The standard InChI is InChI=1S/Al.4ClH.Zn/h;4*1H;/q+3;;;;;+2/p-4. The van der Waals surface area contributed by atoms with Crippen LogP contribution in [0.5, 0.6) is 0 Å². The molecule has 0 aromatic carbocycles. The summed E-state index contributed by atoms with van der Waals surface area (Å²) < 4.78 is 0. The molecule has 0 saturated heterocycles. The van der Waals surface area contributed by atoms with Crippen molar-refractivity contribution in [2.24, 2.45) is 0 Å². The van der Waals surface area contributed by atoms with Gasteiger partial charge in [0, 0.05) is 0 Å². The van der Waals surface area contributed by atoms with Gasteiger partial charge in [-0.15, -0.1) is 0 Å². The molecule has 0 saturated carbocycles. The van der Waals surface area contributed by atoms with Crippen molar-refractivity contribution in [1.82, 2.24) is 0 Å². The van der Waals surface area contributed by atoms with E-state index < -0.39 is 0 Å². The van der Waals surface area contributed by atoms with Crippen LogP contribution >= 0.6 is 0 Å². The Morgan fingerprint density at radius 2 is 0.500 bits per heavy atom. The van der Waals surface area contributed by atoms with Crippen molar-refractivity contribution in [2.75, 3.05) is 0 Å². The summed E-state index contributed by atoms with van der Waals surface area (Å²) in [7, 11) is 0. The van der Waals surface area contributed by atoms with Crippen molar-refractivity contribution in [3.05, 3.63) is 0 Å². The Kier molecular flexibility index (Phi) is 753. The summed E-state index contributed by atoms with van der Waals surface area (Å²) in [5.41, 5.74) is 0. The van der Waals surface area contributed by atoms with Gasteiger partial charge in [-0.25, -0.2) is 0 Å². The Bertz CT molecular complexity index is 7.51. The molecule has 0 radical (unpaired) electrons. The Balaban J connectivity index is 0. The van der Waals surface area contributed by atoms with E-state index in [0.29, 0.717) is 0 Å². The van der Waals surface area contributed by atoms with Crippen molar-refractivity contribution in [2.45, 2.75) is 0 Å². The summed E-state index contributed by atoms with van der Waals surface area (Å²) in [4.78, 5) is 0. The SMILES string of the molecule is [Al+3].[Cl-].[Cl-].[Cl-].[Cl-].[Zn+2]. The maximum Gasteiger partial charge on any atom is 3.00 e. The molecule has 32 valence electrons. The smallest absolute Gasteiger partial charge is 1.00 e. The molecule has 0 nitrogen and oxygen atoms in total. The van der Waals surface area contributed by atoms with E-state index in [0.717, 1.165) is 0 Å². The third-order valence-electron chi connectivity index (χ3n) is 0. The predicted molar refractivity (Wildman–Crippen MR) is 5.75 cm³/mol. The van der Waals surface area contributed by atoms with E-state index in [1.165, 1.54) is 0 Å². The van der Waals surface area contributed by atoms with Gasteiger partial charge in [0.15, 0.2) is 0 Å². The summed E-state index contributed by atoms with van der Waals surface area (Å²) in [6.07, 6.45) is 0. The Hall–Kier alpha value is 2.32. The number of rotatable bonds is 0. The Morgan fingerprint density at radius 1 is 0.500 bits per heavy atom. The summed E-state index contributed by atoms with van der Waals surface area (Å²) in [5, 5.41) is 0. The van der Waals surface area contributed by atoms with Gasteiger partial charge in [0.25, 0.3) is 0 Å². The first-order valence-electron chi connectivity index (χ1n) is 0. The fraction of sp³-hybridized carbons (Fsp3) is 0. The van der Waals surface area contributed by atoms with Crippen molar-refractivity contribution in [3.63, 3.8) is 0 Å². The molecule has 0 aromatic rings. The van der Waals surface area contributed by atoms with Gasteiger partial charge in [0.2, 0.25) is 0 Å². The predicted octanol–water partition coefficient (Wildman–Crippen LogP) is -12.4. The van der Waals surface area contributed by atoms with Gasteiger partial charge in [0.1, 0.15) is 0 Å². The summed E-state index contributed by atoms with van der Waals surface area (Å²) in [6, 6.07) is 0. The molecule has 6 heavy (non-hydrogen) atoms. The summed E-state index contributed by atoms with van der Waals surface area (Å²) in [6.45, 7) is 0. The van der Waals surface area contributed by atoms with E-state index in [4.69, 9.17) is 0 Å². The zero-order valence-electron chi connectivity index (χ0n) is 2.80. The fourth-order valence-corrected chi connectivity index (χ4v) is 0. The third-order valence-corrected chi connectivity index (χ3v) is 0. The Morgan fingerprint density at radius 3 is 0.500 bits per heavy atom. The molecular weight excluding hydrogens is 234 g/mol. The minimum absolute atomic E-state index is 0. The second kappa shape index (κ2) is 54.4. The van der Waals surface area contributed by atoms with E-state index in [2.05, 4.69) is 0 Å². The average molecular weight is 234 g/mol. The van der Waals surface area contributed by atoms with Crippen LogP contribution in [0.15, 0.2) is 0 Å². The van der Waals surface area contributed by atoms with Gasteiger partial charge >= 0.3 is 36.8 Å². The van der Waals surface area contributed by atoms with Crippen LogP contribution in [0, 0.1) is 0 Å². The molecule has 0 aliphatic carbocycles. The number of hydrogen-bond acceptors (Lipinski definition) is 0. The van der Waals surface area contributed by atoms with Crippen molar-refractivity contribution in [3.8, 4) is 0 Å². The first-order valence-corrected chi connectivity index (χ1v) is 0.